The fourth-order valence-corrected chi connectivity index (χ4v) is 2.55. The molecule has 0 aliphatic carbocycles. The molecule has 6 heteroatoms. The molecule has 1 atom stereocenters. The van der Waals surface area contributed by atoms with Crippen molar-refractivity contribution >= 4 is 5.65 Å². The van der Waals surface area contributed by atoms with Gasteiger partial charge in [0.15, 0.2) is 5.65 Å². The second-order valence-corrected chi connectivity index (χ2v) is 5.35. The van der Waals surface area contributed by atoms with Crippen LogP contribution < -0.4 is 16.3 Å². The van der Waals surface area contributed by atoms with Crippen LogP contribution in [0.4, 0.5) is 0 Å². The molecule has 3 rings (SSSR count). The van der Waals surface area contributed by atoms with Gasteiger partial charge in [-0.3, -0.25) is 4.40 Å². The highest BCUT2D eigenvalue weighted by atomic mass is 16.2. The van der Waals surface area contributed by atoms with Crippen molar-refractivity contribution in [2.45, 2.75) is 25.4 Å². The van der Waals surface area contributed by atoms with Crippen LogP contribution in [0.1, 0.15) is 13.3 Å². The molecule has 102 valence electrons. The monoisotopic (exact) mass is 261 g/mol. The summed E-state index contributed by atoms with van der Waals surface area (Å²) in [6, 6.07) is 5.56. The Morgan fingerprint density at radius 2 is 2.42 bits per heavy atom. The second-order valence-electron chi connectivity index (χ2n) is 5.35. The molecule has 0 bridgehead atoms. The van der Waals surface area contributed by atoms with Gasteiger partial charge in [0, 0.05) is 24.8 Å². The Morgan fingerprint density at radius 3 is 3.16 bits per heavy atom. The van der Waals surface area contributed by atoms with Gasteiger partial charge in [-0.2, -0.15) is 0 Å². The van der Waals surface area contributed by atoms with Crippen molar-refractivity contribution in [3.05, 3.63) is 34.9 Å². The first-order valence-corrected chi connectivity index (χ1v) is 6.68. The van der Waals surface area contributed by atoms with Crippen LogP contribution in [-0.2, 0) is 6.54 Å². The molecule has 6 nitrogen and oxygen atoms in total. The SMILES string of the molecule is CC1(NCCn2nc3ccccn3c2=O)CCNC1. The van der Waals surface area contributed by atoms with E-state index >= 15 is 0 Å². The number of nitrogens with zero attached hydrogens (tertiary/aromatic N) is 3. The van der Waals surface area contributed by atoms with Crippen LogP contribution in [0, 0.1) is 0 Å². The predicted molar refractivity (Wildman–Crippen MR) is 73.3 cm³/mol. The summed E-state index contributed by atoms with van der Waals surface area (Å²) in [7, 11) is 0. The van der Waals surface area contributed by atoms with Gasteiger partial charge in [-0.1, -0.05) is 6.07 Å². The van der Waals surface area contributed by atoms with Gasteiger partial charge in [-0.25, -0.2) is 9.48 Å². The molecule has 2 N–H and O–H groups in total. The van der Waals surface area contributed by atoms with Crippen molar-refractivity contribution in [2.24, 2.45) is 0 Å². The van der Waals surface area contributed by atoms with Crippen molar-refractivity contribution in [3.8, 4) is 0 Å². The zero-order chi connectivity index (χ0) is 13.3. The second kappa shape index (κ2) is 4.79. The van der Waals surface area contributed by atoms with Gasteiger partial charge in [0.25, 0.3) is 0 Å². The summed E-state index contributed by atoms with van der Waals surface area (Å²) in [5, 5.41) is 11.2. The first-order valence-electron chi connectivity index (χ1n) is 6.68. The molecular formula is C13H19N5O. The highest BCUT2D eigenvalue weighted by molar-refractivity contribution is 5.35. The number of nitrogens with one attached hydrogen (secondary N) is 2. The summed E-state index contributed by atoms with van der Waals surface area (Å²) in [5.74, 6) is 0. The maximum atomic E-state index is 12.1. The van der Waals surface area contributed by atoms with Gasteiger partial charge in [0.2, 0.25) is 0 Å². The molecule has 2 aromatic heterocycles. The van der Waals surface area contributed by atoms with Crippen molar-refractivity contribution in [3.63, 3.8) is 0 Å². The third-order valence-corrected chi connectivity index (χ3v) is 3.73. The van der Waals surface area contributed by atoms with Crippen LogP contribution in [0.3, 0.4) is 0 Å². The molecule has 0 spiro atoms. The number of hydrogen-bond acceptors (Lipinski definition) is 4. The van der Waals surface area contributed by atoms with Crippen molar-refractivity contribution in [2.75, 3.05) is 19.6 Å². The van der Waals surface area contributed by atoms with Crippen LogP contribution in [0.25, 0.3) is 5.65 Å². The largest absolute Gasteiger partial charge is 0.350 e. The van der Waals surface area contributed by atoms with E-state index in [9.17, 15) is 4.79 Å². The van der Waals surface area contributed by atoms with Crippen molar-refractivity contribution < 1.29 is 0 Å². The highest BCUT2D eigenvalue weighted by Gasteiger charge is 2.27. The van der Waals surface area contributed by atoms with E-state index in [-0.39, 0.29) is 11.2 Å². The van der Waals surface area contributed by atoms with Crippen molar-refractivity contribution in [1.82, 2.24) is 24.8 Å². The minimum Gasteiger partial charge on any atom is -0.315 e. The third kappa shape index (κ3) is 2.41. The zero-order valence-corrected chi connectivity index (χ0v) is 11.1. The van der Waals surface area contributed by atoms with Gasteiger partial charge < -0.3 is 10.6 Å². The van der Waals surface area contributed by atoms with Gasteiger partial charge in [0.05, 0.1) is 6.54 Å². The van der Waals surface area contributed by atoms with E-state index in [0.717, 1.165) is 26.1 Å². The smallest absolute Gasteiger partial charge is 0.315 e. The normalized spacial score (nSPS) is 23.2. The van der Waals surface area contributed by atoms with Gasteiger partial charge in [0.1, 0.15) is 0 Å². The molecule has 1 saturated heterocycles. The number of pyridine rings is 1. The number of hydrogen-bond donors (Lipinski definition) is 2. The molecule has 0 amide bonds. The highest BCUT2D eigenvalue weighted by Crippen LogP contribution is 2.12. The molecule has 0 saturated carbocycles. The molecular weight excluding hydrogens is 242 g/mol. The number of rotatable bonds is 4. The number of aromatic nitrogens is 3. The lowest BCUT2D eigenvalue weighted by Crippen LogP contribution is -2.46. The van der Waals surface area contributed by atoms with Crippen LogP contribution in [0.5, 0.6) is 0 Å². The maximum absolute atomic E-state index is 12.1. The predicted octanol–water partition coefficient (Wildman–Crippen LogP) is -0.162. The van der Waals surface area contributed by atoms with Gasteiger partial charge in [-0.15, -0.1) is 5.10 Å². The first-order chi connectivity index (χ1) is 9.18. The van der Waals surface area contributed by atoms with Gasteiger partial charge in [-0.05, 0) is 32.0 Å². The summed E-state index contributed by atoms with van der Waals surface area (Å²) >= 11 is 0. The quantitative estimate of drug-likeness (QED) is 0.802. The zero-order valence-electron chi connectivity index (χ0n) is 11.1. The molecule has 1 unspecified atom stereocenters. The molecule has 3 heterocycles. The molecule has 1 fully saturated rings. The Hall–Kier alpha value is -1.66. The minimum absolute atomic E-state index is 0.0768. The van der Waals surface area contributed by atoms with E-state index in [4.69, 9.17) is 0 Å². The number of fused-ring (bicyclic) bond motifs is 1. The van der Waals surface area contributed by atoms with Crippen LogP contribution in [0.2, 0.25) is 0 Å². The topological polar surface area (TPSA) is 63.4 Å². The summed E-state index contributed by atoms with van der Waals surface area (Å²) in [6.45, 7) is 5.59. The Morgan fingerprint density at radius 1 is 1.53 bits per heavy atom. The van der Waals surface area contributed by atoms with E-state index in [1.807, 2.05) is 18.2 Å². The Balaban J connectivity index is 1.68. The lowest BCUT2D eigenvalue weighted by molar-refractivity contribution is 0.371. The van der Waals surface area contributed by atoms with E-state index in [0.29, 0.717) is 12.2 Å². The summed E-state index contributed by atoms with van der Waals surface area (Å²) in [4.78, 5) is 12.1. The fourth-order valence-electron chi connectivity index (χ4n) is 2.55. The summed E-state index contributed by atoms with van der Waals surface area (Å²) < 4.78 is 3.09. The molecule has 1 aliphatic heterocycles. The van der Waals surface area contributed by atoms with E-state index in [1.165, 1.54) is 4.68 Å². The Kier molecular flexibility index (Phi) is 3.12. The van der Waals surface area contributed by atoms with E-state index in [2.05, 4.69) is 22.7 Å². The third-order valence-electron chi connectivity index (χ3n) is 3.73. The molecule has 0 aromatic carbocycles. The van der Waals surface area contributed by atoms with Crippen molar-refractivity contribution in [1.29, 1.82) is 0 Å². The summed E-state index contributed by atoms with van der Waals surface area (Å²) in [6.07, 6.45) is 2.86. The van der Waals surface area contributed by atoms with Gasteiger partial charge >= 0.3 is 5.69 Å². The van der Waals surface area contributed by atoms with Crippen LogP contribution in [-0.4, -0.2) is 39.4 Å². The lowest BCUT2D eigenvalue weighted by atomic mass is 10.0. The first kappa shape index (κ1) is 12.4. The maximum Gasteiger partial charge on any atom is 0.350 e. The molecule has 0 radical (unpaired) electrons. The Bertz CT molecular complexity index is 623. The molecule has 19 heavy (non-hydrogen) atoms. The van der Waals surface area contributed by atoms with E-state index < -0.39 is 0 Å². The average Bonchev–Trinajstić information content (AvgIpc) is 2.96. The molecule has 2 aromatic rings. The average molecular weight is 261 g/mol. The molecule has 1 aliphatic rings. The minimum atomic E-state index is -0.0768. The Labute approximate surface area is 111 Å². The fraction of sp³-hybridized carbons (Fsp3) is 0.538. The standard InChI is InChI=1S/C13H19N5O/c1-13(5-6-14-10-13)15-7-9-18-12(19)17-8-3-2-4-11(17)16-18/h2-4,8,14-15H,5-7,9-10H2,1H3. The van der Waals surface area contributed by atoms with Crippen LogP contribution in [0.15, 0.2) is 29.2 Å². The van der Waals surface area contributed by atoms with Crippen LogP contribution >= 0.6 is 0 Å². The van der Waals surface area contributed by atoms with E-state index in [1.54, 1.807) is 10.6 Å². The summed E-state index contributed by atoms with van der Waals surface area (Å²) in [5.41, 5.74) is 0.760. The lowest BCUT2D eigenvalue weighted by Gasteiger charge is -2.24.